The van der Waals surface area contributed by atoms with Crippen molar-refractivity contribution in [3.63, 3.8) is 0 Å². The first-order valence-electron chi connectivity index (χ1n) is 10.2. The van der Waals surface area contributed by atoms with Crippen LogP contribution in [0.3, 0.4) is 0 Å². The second-order valence-electron chi connectivity index (χ2n) is 7.31. The Bertz CT molecular complexity index is 1200. The van der Waals surface area contributed by atoms with Crippen LogP contribution in [0, 0.1) is 6.92 Å². The highest BCUT2D eigenvalue weighted by Crippen LogP contribution is 2.31. The number of benzene rings is 3. The number of hydrogen-bond acceptors (Lipinski definition) is 6. The zero-order chi connectivity index (χ0) is 22.5. The van der Waals surface area contributed by atoms with Crippen molar-refractivity contribution >= 4 is 5.69 Å². The molecule has 0 fully saturated rings. The molecule has 0 unspecified atom stereocenters. The van der Waals surface area contributed by atoms with Crippen LogP contribution in [0.5, 0.6) is 17.2 Å². The summed E-state index contributed by atoms with van der Waals surface area (Å²) >= 11 is 0. The zero-order valence-electron chi connectivity index (χ0n) is 18.6. The van der Waals surface area contributed by atoms with Crippen LogP contribution in [-0.2, 0) is 6.54 Å². The van der Waals surface area contributed by atoms with Gasteiger partial charge in [-0.3, -0.25) is 5.10 Å². The van der Waals surface area contributed by atoms with Crippen molar-refractivity contribution < 1.29 is 14.2 Å². The maximum atomic E-state index is 5.39. The summed E-state index contributed by atoms with van der Waals surface area (Å²) in [4.78, 5) is 4.74. The fraction of sp³-hybridized carbons (Fsp3) is 0.200. The minimum absolute atomic E-state index is 0.599. The first-order chi connectivity index (χ1) is 15.6. The van der Waals surface area contributed by atoms with Crippen molar-refractivity contribution in [3.05, 3.63) is 71.8 Å². The molecule has 1 heterocycles. The number of ether oxygens (including phenoxy) is 3. The molecule has 7 heteroatoms. The summed E-state index contributed by atoms with van der Waals surface area (Å²) in [5.41, 5.74) is 4.98. The predicted molar refractivity (Wildman–Crippen MR) is 125 cm³/mol. The molecular weight excluding hydrogens is 404 g/mol. The van der Waals surface area contributed by atoms with E-state index in [9.17, 15) is 0 Å². The van der Waals surface area contributed by atoms with Gasteiger partial charge in [-0.05, 0) is 48.4 Å². The number of aromatic amines is 1. The van der Waals surface area contributed by atoms with E-state index in [2.05, 4.69) is 28.5 Å². The Labute approximate surface area is 187 Å². The van der Waals surface area contributed by atoms with Crippen LogP contribution in [0.25, 0.3) is 22.8 Å². The lowest BCUT2D eigenvalue weighted by atomic mass is 10.1. The summed E-state index contributed by atoms with van der Waals surface area (Å²) in [6.07, 6.45) is 0. The average molecular weight is 431 g/mol. The van der Waals surface area contributed by atoms with Crippen LogP contribution in [-0.4, -0.2) is 36.5 Å². The van der Waals surface area contributed by atoms with Crippen LogP contribution >= 0.6 is 0 Å². The number of aryl methyl sites for hydroxylation is 1. The third kappa shape index (κ3) is 4.51. The molecule has 0 aliphatic heterocycles. The molecular formula is C25H26N4O3. The quantitative estimate of drug-likeness (QED) is 0.405. The largest absolute Gasteiger partial charge is 0.497 e. The lowest BCUT2D eigenvalue weighted by molar-refractivity contribution is 0.393. The summed E-state index contributed by atoms with van der Waals surface area (Å²) in [6, 6.07) is 19.6. The molecule has 1 aromatic heterocycles. The van der Waals surface area contributed by atoms with Gasteiger partial charge in [0.05, 0.1) is 21.3 Å². The SMILES string of the molecule is COc1cc(CNc2c(C)cccc2-c2nc(-c3cccc(OC)c3)n[nH]2)cc(OC)c1. The van der Waals surface area contributed by atoms with Gasteiger partial charge in [-0.15, -0.1) is 0 Å². The first-order valence-corrected chi connectivity index (χ1v) is 10.2. The first kappa shape index (κ1) is 21.2. The number of nitrogens with zero attached hydrogens (tertiary/aromatic N) is 2. The second-order valence-corrected chi connectivity index (χ2v) is 7.31. The van der Waals surface area contributed by atoms with E-state index in [1.54, 1.807) is 21.3 Å². The number of aromatic nitrogens is 3. The molecule has 0 aliphatic carbocycles. The Morgan fingerprint density at radius 2 is 1.56 bits per heavy atom. The van der Waals surface area contributed by atoms with Crippen LogP contribution in [0.4, 0.5) is 5.69 Å². The van der Waals surface area contributed by atoms with Gasteiger partial charge in [0.1, 0.15) is 17.2 Å². The Hall–Kier alpha value is -4.00. The van der Waals surface area contributed by atoms with Crippen LogP contribution < -0.4 is 19.5 Å². The summed E-state index contributed by atoms with van der Waals surface area (Å²) in [5.74, 6) is 3.58. The van der Waals surface area contributed by atoms with Crippen molar-refractivity contribution in [1.82, 2.24) is 15.2 Å². The van der Waals surface area contributed by atoms with E-state index < -0.39 is 0 Å². The summed E-state index contributed by atoms with van der Waals surface area (Å²) < 4.78 is 16.1. The molecule has 0 bridgehead atoms. The Morgan fingerprint density at radius 3 is 2.28 bits per heavy atom. The molecule has 4 aromatic rings. The molecule has 0 saturated heterocycles. The van der Waals surface area contributed by atoms with E-state index in [1.807, 2.05) is 54.6 Å². The molecule has 4 rings (SSSR count). The molecule has 164 valence electrons. The summed E-state index contributed by atoms with van der Waals surface area (Å²) in [5, 5.41) is 11.0. The number of hydrogen-bond donors (Lipinski definition) is 2. The van der Waals surface area contributed by atoms with E-state index in [1.165, 1.54) is 0 Å². The van der Waals surface area contributed by atoms with Crippen LogP contribution in [0.15, 0.2) is 60.7 Å². The number of anilines is 1. The minimum Gasteiger partial charge on any atom is -0.497 e. The van der Waals surface area contributed by atoms with Crippen LogP contribution in [0.2, 0.25) is 0 Å². The smallest absolute Gasteiger partial charge is 0.181 e. The number of para-hydroxylation sites is 1. The molecule has 0 amide bonds. The van der Waals surface area contributed by atoms with Crippen LogP contribution in [0.1, 0.15) is 11.1 Å². The monoisotopic (exact) mass is 430 g/mol. The fourth-order valence-electron chi connectivity index (χ4n) is 3.53. The van der Waals surface area contributed by atoms with Crippen molar-refractivity contribution in [3.8, 4) is 40.0 Å². The number of H-pyrrole nitrogens is 1. The lowest BCUT2D eigenvalue weighted by Crippen LogP contribution is -2.04. The zero-order valence-corrected chi connectivity index (χ0v) is 18.6. The van der Waals surface area contributed by atoms with Gasteiger partial charge in [-0.1, -0.05) is 24.3 Å². The molecule has 3 aromatic carbocycles. The van der Waals surface area contributed by atoms with Crippen molar-refractivity contribution in [2.45, 2.75) is 13.5 Å². The van der Waals surface area contributed by atoms with Gasteiger partial charge in [0, 0.05) is 29.4 Å². The Morgan fingerprint density at radius 1 is 0.844 bits per heavy atom. The van der Waals surface area contributed by atoms with E-state index in [4.69, 9.17) is 19.2 Å². The van der Waals surface area contributed by atoms with Gasteiger partial charge in [0.2, 0.25) is 0 Å². The van der Waals surface area contributed by atoms with Gasteiger partial charge in [0.15, 0.2) is 11.6 Å². The number of rotatable bonds is 8. The van der Waals surface area contributed by atoms with Gasteiger partial charge in [-0.25, -0.2) is 4.98 Å². The number of methoxy groups -OCH3 is 3. The lowest BCUT2D eigenvalue weighted by Gasteiger charge is -2.15. The molecule has 2 N–H and O–H groups in total. The summed E-state index contributed by atoms with van der Waals surface area (Å²) in [6.45, 7) is 2.67. The molecule has 32 heavy (non-hydrogen) atoms. The topological polar surface area (TPSA) is 81.3 Å². The molecule has 0 spiro atoms. The van der Waals surface area contributed by atoms with Gasteiger partial charge in [0.25, 0.3) is 0 Å². The molecule has 0 aliphatic rings. The van der Waals surface area contributed by atoms with Crippen molar-refractivity contribution in [1.29, 1.82) is 0 Å². The fourth-order valence-corrected chi connectivity index (χ4v) is 3.53. The highest BCUT2D eigenvalue weighted by atomic mass is 16.5. The predicted octanol–water partition coefficient (Wildman–Crippen LogP) is 5.09. The average Bonchev–Trinajstić information content (AvgIpc) is 3.33. The molecule has 0 atom stereocenters. The standard InChI is InChI=1S/C25H26N4O3/c1-16-7-5-10-22(23(16)26-15-17-11-20(31-3)14-21(12-17)32-4)25-27-24(28-29-25)18-8-6-9-19(13-18)30-2/h5-14,26H,15H2,1-4H3,(H,27,28,29). The van der Waals surface area contributed by atoms with E-state index in [0.29, 0.717) is 18.2 Å². The summed E-state index contributed by atoms with van der Waals surface area (Å²) in [7, 11) is 4.94. The maximum absolute atomic E-state index is 5.39. The highest BCUT2D eigenvalue weighted by Gasteiger charge is 2.14. The van der Waals surface area contributed by atoms with E-state index in [-0.39, 0.29) is 0 Å². The Balaban J connectivity index is 1.62. The van der Waals surface area contributed by atoms with E-state index >= 15 is 0 Å². The van der Waals surface area contributed by atoms with Crippen molar-refractivity contribution in [2.75, 3.05) is 26.6 Å². The molecule has 0 radical (unpaired) electrons. The second kappa shape index (κ2) is 9.43. The third-order valence-electron chi connectivity index (χ3n) is 5.22. The number of nitrogens with one attached hydrogen (secondary N) is 2. The highest BCUT2D eigenvalue weighted by molar-refractivity contribution is 5.77. The van der Waals surface area contributed by atoms with Crippen molar-refractivity contribution in [2.24, 2.45) is 0 Å². The Kier molecular flexibility index (Phi) is 6.26. The van der Waals surface area contributed by atoms with Gasteiger partial charge < -0.3 is 19.5 Å². The maximum Gasteiger partial charge on any atom is 0.181 e. The minimum atomic E-state index is 0.599. The van der Waals surface area contributed by atoms with Gasteiger partial charge in [-0.2, -0.15) is 5.10 Å². The van der Waals surface area contributed by atoms with Gasteiger partial charge >= 0.3 is 0 Å². The normalized spacial score (nSPS) is 10.6. The molecule has 7 nitrogen and oxygen atoms in total. The van der Waals surface area contributed by atoms with E-state index in [0.717, 1.165) is 45.2 Å². The molecule has 0 saturated carbocycles. The third-order valence-corrected chi connectivity index (χ3v) is 5.22.